The first kappa shape index (κ1) is 14.8. The van der Waals surface area contributed by atoms with E-state index in [-0.39, 0.29) is 0 Å². The van der Waals surface area contributed by atoms with Gasteiger partial charge in [-0.05, 0) is 73.8 Å². The van der Waals surface area contributed by atoms with E-state index in [1.807, 2.05) is 0 Å². The molecule has 2 aromatic rings. The van der Waals surface area contributed by atoms with Gasteiger partial charge in [0.15, 0.2) is 0 Å². The van der Waals surface area contributed by atoms with Gasteiger partial charge >= 0.3 is 0 Å². The van der Waals surface area contributed by atoms with E-state index in [1.54, 1.807) is 11.1 Å². The Morgan fingerprint density at radius 3 is 2.52 bits per heavy atom. The second-order valence-electron chi connectivity index (χ2n) is 6.34. The SMILES string of the molecule is Cc1ccc(C)c(CC(Br)c2ccc3c(c2)CCCC3)c1. The van der Waals surface area contributed by atoms with Gasteiger partial charge in [-0.1, -0.05) is 57.9 Å². The van der Waals surface area contributed by atoms with Gasteiger partial charge in [0.2, 0.25) is 0 Å². The third kappa shape index (κ3) is 3.40. The standard InChI is InChI=1S/C20H23Br/c1-14-7-8-15(2)19(11-14)13-20(21)18-10-9-16-5-3-4-6-17(16)12-18/h7-12,20H,3-6,13H2,1-2H3. The molecule has 1 unspecified atom stereocenters. The second-order valence-corrected chi connectivity index (χ2v) is 7.44. The van der Waals surface area contributed by atoms with Gasteiger partial charge in [0.05, 0.1) is 0 Å². The Hall–Kier alpha value is -1.08. The molecule has 0 saturated heterocycles. The van der Waals surface area contributed by atoms with E-state index in [0.29, 0.717) is 4.83 Å². The van der Waals surface area contributed by atoms with E-state index in [2.05, 4.69) is 66.2 Å². The van der Waals surface area contributed by atoms with Gasteiger partial charge in [-0.2, -0.15) is 0 Å². The fraction of sp³-hybridized carbons (Fsp3) is 0.400. The fourth-order valence-corrected chi connectivity index (χ4v) is 3.91. The summed E-state index contributed by atoms with van der Waals surface area (Å²) in [5, 5.41) is 0. The number of hydrogen-bond acceptors (Lipinski definition) is 0. The lowest BCUT2D eigenvalue weighted by molar-refractivity contribution is 0.684. The van der Waals surface area contributed by atoms with Gasteiger partial charge in [-0.15, -0.1) is 0 Å². The lowest BCUT2D eigenvalue weighted by Gasteiger charge is -2.19. The maximum absolute atomic E-state index is 3.91. The van der Waals surface area contributed by atoms with Crippen LogP contribution in [0.15, 0.2) is 36.4 Å². The molecule has 0 bridgehead atoms. The summed E-state index contributed by atoms with van der Waals surface area (Å²) in [6, 6.07) is 13.8. The van der Waals surface area contributed by atoms with Crippen molar-refractivity contribution in [3.8, 4) is 0 Å². The number of aryl methyl sites for hydroxylation is 4. The number of hydrogen-bond donors (Lipinski definition) is 0. The lowest BCUT2D eigenvalue weighted by Crippen LogP contribution is -2.05. The van der Waals surface area contributed by atoms with Crippen LogP contribution in [0.4, 0.5) is 0 Å². The van der Waals surface area contributed by atoms with Gasteiger partial charge in [0.25, 0.3) is 0 Å². The summed E-state index contributed by atoms with van der Waals surface area (Å²) in [7, 11) is 0. The lowest BCUT2D eigenvalue weighted by atomic mass is 9.89. The van der Waals surface area contributed by atoms with E-state index in [0.717, 1.165) is 6.42 Å². The third-order valence-corrected chi connectivity index (χ3v) is 5.49. The van der Waals surface area contributed by atoms with E-state index in [9.17, 15) is 0 Å². The van der Waals surface area contributed by atoms with Crippen molar-refractivity contribution in [2.45, 2.75) is 50.8 Å². The maximum atomic E-state index is 3.91. The Morgan fingerprint density at radius 1 is 0.952 bits per heavy atom. The monoisotopic (exact) mass is 342 g/mol. The van der Waals surface area contributed by atoms with E-state index < -0.39 is 0 Å². The number of alkyl halides is 1. The average Bonchev–Trinajstić information content (AvgIpc) is 2.50. The molecule has 3 rings (SSSR count). The van der Waals surface area contributed by atoms with Crippen LogP contribution >= 0.6 is 15.9 Å². The molecule has 0 aliphatic heterocycles. The van der Waals surface area contributed by atoms with Crippen LogP contribution < -0.4 is 0 Å². The minimum atomic E-state index is 0.408. The molecule has 1 heteroatoms. The molecule has 0 saturated carbocycles. The highest BCUT2D eigenvalue weighted by Gasteiger charge is 2.14. The topological polar surface area (TPSA) is 0 Å². The molecule has 0 fully saturated rings. The minimum Gasteiger partial charge on any atom is -0.0835 e. The molecule has 0 N–H and O–H groups in total. The molecule has 1 aliphatic carbocycles. The number of benzene rings is 2. The first-order chi connectivity index (χ1) is 10.1. The van der Waals surface area contributed by atoms with E-state index >= 15 is 0 Å². The molecule has 0 radical (unpaired) electrons. The molecule has 0 aromatic heterocycles. The summed E-state index contributed by atoms with van der Waals surface area (Å²) in [6.45, 7) is 4.38. The van der Waals surface area contributed by atoms with Gasteiger partial charge in [-0.3, -0.25) is 0 Å². The van der Waals surface area contributed by atoms with Crippen LogP contribution in [0.5, 0.6) is 0 Å². The van der Waals surface area contributed by atoms with Crippen LogP contribution in [0, 0.1) is 13.8 Å². The number of fused-ring (bicyclic) bond motifs is 1. The normalized spacial score (nSPS) is 15.6. The summed E-state index contributed by atoms with van der Waals surface area (Å²) >= 11 is 3.91. The summed E-state index contributed by atoms with van der Waals surface area (Å²) in [6.07, 6.45) is 6.28. The first-order valence-corrected chi connectivity index (χ1v) is 8.87. The fourth-order valence-electron chi connectivity index (χ4n) is 3.28. The Bertz CT molecular complexity index is 642. The van der Waals surface area contributed by atoms with Crippen LogP contribution in [0.2, 0.25) is 0 Å². The predicted octanol–water partition coefficient (Wildman–Crippen LogP) is 5.86. The van der Waals surface area contributed by atoms with Crippen LogP contribution in [0.25, 0.3) is 0 Å². The highest BCUT2D eigenvalue weighted by Crippen LogP contribution is 2.31. The van der Waals surface area contributed by atoms with Crippen LogP contribution in [-0.2, 0) is 19.3 Å². The minimum absolute atomic E-state index is 0.408. The Balaban J connectivity index is 1.82. The van der Waals surface area contributed by atoms with Gasteiger partial charge in [0, 0.05) is 4.83 Å². The van der Waals surface area contributed by atoms with E-state index in [4.69, 9.17) is 0 Å². The largest absolute Gasteiger partial charge is 0.0835 e. The van der Waals surface area contributed by atoms with Gasteiger partial charge in [0.1, 0.15) is 0 Å². The Kier molecular flexibility index (Phi) is 4.49. The molecule has 1 atom stereocenters. The molecule has 0 spiro atoms. The van der Waals surface area contributed by atoms with Crippen LogP contribution in [-0.4, -0.2) is 0 Å². The Labute approximate surface area is 136 Å². The van der Waals surface area contributed by atoms with Crippen molar-refractivity contribution in [3.63, 3.8) is 0 Å². The molecule has 0 amide bonds. The Morgan fingerprint density at radius 2 is 1.71 bits per heavy atom. The van der Waals surface area contributed by atoms with E-state index in [1.165, 1.54) is 47.9 Å². The van der Waals surface area contributed by atoms with Gasteiger partial charge in [-0.25, -0.2) is 0 Å². The van der Waals surface area contributed by atoms with Crippen LogP contribution in [0.1, 0.15) is 51.0 Å². The maximum Gasteiger partial charge on any atom is 0.0435 e. The number of rotatable bonds is 3. The van der Waals surface area contributed by atoms with Crippen molar-refractivity contribution in [3.05, 3.63) is 69.8 Å². The highest BCUT2D eigenvalue weighted by atomic mass is 79.9. The zero-order chi connectivity index (χ0) is 14.8. The van der Waals surface area contributed by atoms with Crippen molar-refractivity contribution in [1.82, 2.24) is 0 Å². The quantitative estimate of drug-likeness (QED) is 0.612. The third-order valence-electron chi connectivity index (χ3n) is 4.64. The van der Waals surface area contributed by atoms with Gasteiger partial charge < -0.3 is 0 Å². The second kappa shape index (κ2) is 6.36. The molecule has 21 heavy (non-hydrogen) atoms. The van der Waals surface area contributed by atoms with Crippen molar-refractivity contribution >= 4 is 15.9 Å². The molecular weight excluding hydrogens is 320 g/mol. The smallest absolute Gasteiger partial charge is 0.0435 e. The summed E-state index contributed by atoms with van der Waals surface area (Å²) in [5.41, 5.74) is 8.76. The average molecular weight is 343 g/mol. The van der Waals surface area contributed by atoms with Crippen molar-refractivity contribution < 1.29 is 0 Å². The molecule has 0 heterocycles. The molecule has 0 nitrogen and oxygen atoms in total. The molecule has 1 aliphatic rings. The molecule has 2 aromatic carbocycles. The molecular formula is C20H23Br. The predicted molar refractivity (Wildman–Crippen MR) is 94.4 cm³/mol. The number of halogens is 1. The summed E-state index contributed by atoms with van der Waals surface area (Å²) < 4.78 is 0. The summed E-state index contributed by atoms with van der Waals surface area (Å²) in [4.78, 5) is 0.408. The molecule has 110 valence electrons. The highest BCUT2D eigenvalue weighted by molar-refractivity contribution is 9.09. The first-order valence-electron chi connectivity index (χ1n) is 7.95. The van der Waals surface area contributed by atoms with Crippen molar-refractivity contribution in [2.24, 2.45) is 0 Å². The summed E-state index contributed by atoms with van der Waals surface area (Å²) in [5.74, 6) is 0. The van der Waals surface area contributed by atoms with Crippen LogP contribution in [0.3, 0.4) is 0 Å². The van der Waals surface area contributed by atoms with Crippen molar-refractivity contribution in [2.75, 3.05) is 0 Å². The zero-order valence-electron chi connectivity index (χ0n) is 13.0. The zero-order valence-corrected chi connectivity index (χ0v) is 14.5. The van der Waals surface area contributed by atoms with Crippen molar-refractivity contribution in [1.29, 1.82) is 0 Å².